The second kappa shape index (κ2) is 23.0. The molecule has 0 N–H and O–H groups in total. The van der Waals surface area contributed by atoms with Crippen molar-refractivity contribution in [3.63, 3.8) is 0 Å². The van der Waals surface area contributed by atoms with Crippen molar-refractivity contribution in [2.75, 3.05) is 11.5 Å². The lowest BCUT2D eigenvalue weighted by atomic mass is 10.0. The Bertz CT molecular complexity index is 230. The van der Waals surface area contributed by atoms with Crippen LogP contribution in [0.15, 0.2) is 0 Å². The quantitative estimate of drug-likeness (QED) is 0.153. The molecule has 0 aliphatic carbocycles. The van der Waals surface area contributed by atoms with Crippen molar-refractivity contribution < 1.29 is 4.79 Å². The monoisotopic (exact) mass is 356 g/mol. The van der Waals surface area contributed by atoms with Gasteiger partial charge in [-0.1, -0.05) is 103 Å². The molecule has 0 aromatic carbocycles. The summed E-state index contributed by atoms with van der Waals surface area (Å²) in [7, 11) is 0. The van der Waals surface area contributed by atoms with Crippen LogP contribution in [0.2, 0.25) is 0 Å². The van der Waals surface area contributed by atoms with E-state index in [9.17, 15) is 4.79 Å². The zero-order valence-electron chi connectivity index (χ0n) is 16.5. The lowest BCUT2D eigenvalue weighted by molar-refractivity contribution is -0.107. The average molecular weight is 357 g/mol. The molecule has 0 spiro atoms. The molecule has 0 heterocycles. The Labute approximate surface area is 157 Å². The van der Waals surface area contributed by atoms with Gasteiger partial charge in [0.1, 0.15) is 6.29 Å². The van der Waals surface area contributed by atoms with Crippen LogP contribution in [0.3, 0.4) is 0 Å². The number of carbonyl (C=O) groups excluding carboxylic acids is 1. The van der Waals surface area contributed by atoms with E-state index in [2.05, 4.69) is 6.92 Å². The minimum Gasteiger partial charge on any atom is -0.303 e. The molecule has 0 saturated heterocycles. The summed E-state index contributed by atoms with van der Waals surface area (Å²) in [6, 6.07) is 0. The number of hydrogen-bond donors (Lipinski definition) is 0. The van der Waals surface area contributed by atoms with E-state index in [1.807, 2.05) is 11.8 Å². The molecule has 0 aliphatic heterocycles. The highest BCUT2D eigenvalue weighted by molar-refractivity contribution is 7.99. The Morgan fingerprint density at radius 3 is 1.33 bits per heavy atom. The van der Waals surface area contributed by atoms with E-state index >= 15 is 0 Å². The first-order chi connectivity index (χ1) is 11.9. The molecule has 24 heavy (non-hydrogen) atoms. The molecular weight excluding hydrogens is 312 g/mol. The summed E-state index contributed by atoms with van der Waals surface area (Å²) in [4.78, 5) is 10.2. The molecule has 2 heteroatoms. The zero-order chi connectivity index (χ0) is 17.6. The van der Waals surface area contributed by atoms with E-state index in [1.165, 1.54) is 108 Å². The SMILES string of the molecule is CCCCCCCCCCCCCCCCCCSCCCC=O. The predicted molar refractivity (Wildman–Crippen MR) is 112 cm³/mol. The summed E-state index contributed by atoms with van der Waals surface area (Å²) in [5.74, 6) is 2.45. The van der Waals surface area contributed by atoms with Crippen LogP contribution in [-0.2, 0) is 4.79 Å². The van der Waals surface area contributed by atoms with Crippen molar-refractivity contribution in [3.05, 3.63) is 0 Å². The van der Waals surface area contributed by atoms with E-state index in [1.54, 1.807) is 0 Å². The lowest BCUT2D eigenvalue weighted by Gasteiger charge is -2.04. The second-order valence-electron chi connectivity index (χ2n) is 7.22. The molecule has 0 aliphatic rings. The third-order valence-electron chi connectivity index (χ3n) is 4.75. The Kier molecular flexibility index (Phi) is 23.0. The highest BCUT2D eigenvalue weighted by atomic mass is 32.2. The van der Waals surface area contributed by atoms with Crippen LogP contribution >= 0.6 is 11.8 Å². The maximum atomic E-state index is 10.2. The molecule has 0 atom stereocenters. The van der Waals surface area contributed by atoms with Crippen molar-refractivity contribution in [2.45, 2.75) is 122 Å². The number of hydrogen-bond acceptors (Lipinski definition) is 2. The molecule has 0 aromatic heterocycles. The molecule has 0 aromatic rings. The number of carbonyl (C=O) groups is 1. The molecule has 0 radical (unpaired) electrons. The van der Waals surface area contributed by atoms with E-state index < -0.39 is 0 Å². The zero-order valence-corrected chi connectivity index (χ0v) is 17.4. The molecular formula is C22H44OS. The van der Waals surface area contributed by atoms with Crippen molar-refractivity contribution in [3.8, 4) is 0 Å². The fraction of sp³-hybridized carbons (Fsp3) is 0.955. The highest BCUT2D eigenvalue weighted by Crippen LogP contribution is 2.14. The summed E-state index contributed by atoms with van der Waals surface area (Å²) in [6.45, 7) is 2.29. The van der Waals surface area contributed by atoms with Gasteiger partial charge in [0.05, 0.1) is 0 Å². The Morgan fingerprint density at radius 1 is 0.542 bits per heavy atom. The Morgan fingerprint density at radius 2 is 0.917 bits per heavy atom. The summed E-state index contributed by atoms with van der Waals surface area (Å²) in [6.07, 6.45) is 25.9. The summed E-state index contributed by atoms with van der Waals surface area (Å²) < 4.78 is 0. The van der Waals surface area contributed by atoms with Crippen LogP contribution in [0.25, 0.3) is 0 Å². The highest BCUT2D eigenvalue weighted by Gasteiger charge is 1.95. The first-order valence-electron chi connectivity index (χ1n) is 10.9. The largest absolute Gasteiger partial charge is 0.303 e. The standard InChI is InChI=1S/C22H44OS/c1-2-3-4-5-6-7-8-9-10-11-12-13-14-15-16-18-21-24-22-19-17-20-23/h20H,2-19,21-22H2,1H3. The molecule has 0 unspecified atom stereocenters. The van der Waals surface area contributed by atoms with E-state index in [0.717, 1.165) is 24.9 Å². The van der Waals surface area contributed by atoms with Gasteiger partial charge in [-0.15, -0.1) is 0 Å². The minimum atomic E-state index is 0.742. The fourth-order valence-corrected chi connectivity index (χ4v) is 4.11. The van der Waals surface area contributed by atoms with E-state index in [-0.39, 0.29) is 0 Å². The third kappa shape index (κ3) is 22.0. The number of aldehydes is 1. The van der Waals surface area contributed by atoms with Crippen LogP contribution in [-0.4, -0.2) is 17.8 Å². The third-order valence-corrected chi connectivity index (χ3v) is 5.91. The van der Waals surface area contributed by atoms with Crippen LogP contribution < -0.4 is 0 Å². The van der Waals surface area contributed by atoms with Crippen LogP contribution in [0.5, 0.6) is 0 Å². The van der Waals surface area contributed by atoms with Gasteiger partial charge >= 0.3 is 0 Å². The first kappa shape index (κ1) is 24.0. The van der Waals surface area contributed by atoms with Gasteiger partial charge in [0, 0.05) is 6.42 Å². The first-order valence-corrected chi connectivity index (χ1v) is 12.1. The van der Waals surface area contributed by atoms with Crippen molar-refractivity contribution in [1.29, 1.82) is 0 Å². The number of rotatable bonds is 21. The molecule has 144 valence electrons. The van der Waals surface area contributed by atoms with Crippen LogP contribution in [0.1, 0.15) is 122 Å². The van der Waals surface area contributed by atoms with Crippen molar-refractivity contribution in [2.24, 2.45) is 0 Å². The number of unbranched alkanes of at least 4 members (excludes halogenated alkanes) is 16. The van der Waals surface area contributed by atoms with Gasteiger partial charge in [-0.25, -0.2) is 0 Å². The van der Waals surface area contributed by atoms with Crippen molar-refractivity contribution >= 4 is 18.0 Å². The molecule has 0 rings (SSSR count). The van der Waals surface area contributed by atoms with Gasteiger partial charge in [0.15, 0.2) is 0 Å². The fourth-order valence-electron chi connectivity index (χ4n) is 3.12. The molecule has 0 fully saturated rings. The summed E-state index contributed by atoms with van der Waals surface area (Å²) in [5, 5.41) is 0. The van der Waals surface area contributed by atoms with Gasteiger partial charge in [-0.05, 0) is 24.3 Å². The lowest BCUT2D eigenvalue weighted by Crippen LogP contribution is -1.86. The molecule has 0 bridgehead atoms. The Balaban J connectivity index is 2.94. The maximum Gasteiger partial charge on any atom is 0.120 e. The van der Waals surface area contributed by atoms with E-state index in [4.69, 9.17) is 0 Å². The number of thioether (sulfide) groups is 1. The molecule has 0 amide bonds. The summed E-state index contributed by atoms with van der Waals surface area (Å²) >= 11 is 2.02. The second-order valence-corrected chi connectivity index (χ2v) is 8.45. The summed E-state index contributed by atoms with van der Waals surface area (Å²) in [5.41, 5.74) is 0. The Hall–Kier alpha value is 0.0200. The van der Waals surface area contributed by atoms with E-state index in [0.29, 0.717) is 0 Å². The molecule has 0 saturated carbocycles. The van der Waals surface area contributed by atoms with Gasteiger partial charge < -0.3 is 4.79 Å². The molecule has 1 nitrogen and oxygen atoms in total. The van der Waals surface area contributed by atoms with Gasteiger partial charge in [0.2, 0.25) is 0 Å². The predicted octanol–water partition coefficient (Wildman–Crippen LogP) is 7.96. The van der Waals surface area contributed by atoms with Crippen LogP contribution in [0, 0.1) is 0 Å². The normalized spacial score (nSPS) is 11.0. The topological polar surface area (TPSA) is 17.1 Å². The minimum absolute atomic E-state index is 0.742. The van der Waals surface area contributed by atoms with Crippen molar-refractivity contribution in [1.82, 2.24) is 0 Å². The smallest absolute Gasteiger partial charge is 0.120 e. The van der Waals surface area contributed by atoms with Gasteiger partial charge in [-0.2, -0.15) is 11.8 Å². The maximum absolute atomic E-state index is 10.2. The van der Waals surface area contributed by atoms with Gasteiger partial charge in [-0.3, -0.25) is 0 Å². The van der Waals surface area contributed by atoms with Gasteiger partial charge in [0.25, 0.3) is 0 Å². The van der Waals surface area contributed by atoms with Crippen LogP contribution in [0.4, 0.5) is 0 Å². The average Bonchev–Trinajstić information content (AvgIpc) is 2.60.